The van der Waals surface area contributed by atoms with Gasteiger partial charge in [-0.1, -0.05) is 13.3 Å². The smallest absolute Gasteiger partial charge is 0.251 e. The van der Waals surface area contributed by atoms with Crippen LogP contribution in [0.4, 0.5) is 11.6 Å². The maximum atomic E-state index is 12.1. The second kappa shape index (κ2) is 5.65. The number of hydrazine groups is 1. The van der Waals surface area contributed by atoms with Crippen LogP contribution in [0.15, 0.2) is 6.33 Å². The highest BCUT2D eigenvalue weighted by atomic mass is 16.2. The predicted molar refractivity (Wildman–Crippen MR) is 78.4 cm³/mol. The highest BCUT2D eigenvalue weighted by Gasteiger charge is 2.42. The molecule has 1 aliphatic heterocycles. The molecule has 1 aliphatic rings. The lowest BCUT2D eigenvalue weighted by Gasteiger charge is -2.41. The summed E-state index contributed by atoms with van der Waals surface area (Å²) in [4.78, 5) is 33.9. The summed E-state index contributed by atoms with van der Waals surface area (Å²) in [5.74, 6) is 5.88. The highest BCUT2D eigenvalue weighted by molar-refractivity contribution is 6.06. The van der Waals surface area contributed by atoms with Crippen LogP contribution >= 0.6 is 0 Å². The van der Waals surface area contributed by atoms with Crippen molar-refractivity contribution in [2.75, 3.05) is 16.9 Å². The average Bonchev–Trinajstić information content (AvgIpc) is 2.44. The molecule has 1 fully saturated rings. The average molecular weight is 292 g/mol. The van der Waals surface area contributed by atoms with E-state index >= 15 is 0 Å². The fraction of sp³-hybridized carbons (Fsp3) is 0.538. The quantitative estimate of drug-likeness (QED) is 0.405. The Kier molecular flexibility index (Phi) is 4.08. The zero-order chi connectivity index (χ0) is 15.6. The van der Waals surface area contributed by atoms with Crippen molar-refractivity contribution in [3.63, 3.8) is 0 Å². The van der Waals surface area contributed by atoms with Crippen LogP contribution in [-0.2, 0) is 16.0 Å². The van der Waals surface area contributed by atoms with Crippen LogP contribution in [0.5, 0.6) is 0 Å². The Bertz CT molecular complexity index is 572. The molecule has 0 bridgehead atoms. The van der Waals surface area contributed by atoms with Gasteiger partial charge >= 0.3 is 0 Å². The number of amides is 2. The lowest BCUT2D eigenvalue weighted by atomic mass is 9.97. The van der Waals surface area contributed by atoms with E-state index in [2.05, 4.69) is 20.7 Å². The third-order valence-electron chi connectivity index (χ3n) is 3.60. The second-order valence-electron chi connectivity index (χ2n) is 5.44. The number of hydrogen-bond acceptors (Lipinski definition) is 7. The molecular weight excluding hydrogens is 272 g/mol. The lowest BCUT2D eigenvalue weighted by molar-refractivity contribution is -0.135. The van der Waals surface area contributed by atoms with Gasteiger partial charge in [-0.2, -0.15) is 0 Å². The topological polar surface area (TPSA) is 113 Å². The molecule has 2 rings (SSSR count). The van der Waals surface area contributed by atoms with E-state index < -0.39 is 5.54 Å². The molecule has 1 saturated heterocycles. The summed E-state index contributed by atoms with van der Waals surface area (Å²) in [6, 6.07) is 0. The summed E-state index contributed by atoms with van der Waals surface area (Å²) < 4.78 is 0. The molecule has 0 aliphatic carbocycles. The van der Waals surface area contributed by atoms with Crippen LogP contribution < -0.4 is 21.5 Å². The van der Waals surface area contributed by atoms with Gasteiger partial charge in [0, 0.05) is 5.56 Å². The van der Waals surface area contributed by atoms with Crippen LogP contribution in [0.1, 0.15) is 32.8 Å². The summed E-state index contributed by atoms with van der Waals surface area (Å²) in [5.41, 5.74) is 2.47. The lowest BCUT2D eigenvalue weighted by Crippen LogP contribution is -2.64. The second-order valence-corrected chi connectivity index (χ2v) is 5.44. The summed E-state index contributed by atoms with van der Waals surface area (Å²) in [7, 11) is 0. The van der Waals surface area contributed by atoms with E-state index in [1.807, 2.05) is 6.92 Å². The monoisotopic (exact) mass is 292 g/mol. The van der Waals surface area contributed by atoms with E-state index in [4.69, 9.17) is 5.84 Å². The Labute approximate surface area is 123 Å². The minimum atomic E-state index is -0.878. The van der Waals surface area contributed by atoms with Crippen LogP contribution in [0, 0.1) is 0 Å². The van der Waals surface area contributed by atoms with Gasteiger partial charge in [0.1, 0.15) is 23.5 Å². The third-order valence-corrected chi connectivity index (χ3v) is 3.60. The van der Waals surface area contributed by atoms with Gasteiger partial charge in [-0.3, -0.25) is 14.9 Å². The van der Waals surface area contributed by atoms with Gasteiger partial charge in [0.05, 0.1) is 6.54 Å². The molecule has 1 aromatic heterocycles. The number of nitrogens with one attached hydrogen (secondary N) is 2. The Hall–Kier alpha value is -2.22. The number of nitrogen functional groups attached to an aromatic ring is 1. The number of anilines is 2. The van der Waals surface area contributed by atoms with E-state index in [0.29, 0.717) is 18.1 Å². The number of aromatic nitrogens is 2. The van der Waals surface area contributed by atoms with E-state index in [9.17, 15) is 9.59 Å². The molecule has 2 amide bonds. The summed E-state index contributed by atoms with van der Waals surface area (Å²) >= 11 is 0. The van der Waals surface area contributed by atoms with Crippen molar-refractivity contribution in [2.45, 2.75) is 39.2 Å². The van der Waals surface area contributed by atoms with Crippen molar-refractivity contribution in [1.82, 2.24) is 15.3 Å². The van der Waals surface area contributed by atoms with E-state index in [1.54, 1.807) is 18.7 Å². The normalized spacial score (nSPS) is 17.6. The Morgan fingerprint density at radius 2 is 2.14 bits per heavy atom. The highest BCUT2D eigenvalue weighted by Crippen LogP contribution is 2.31. The Morgan fingerprint density at radius 1 is 1.43 bits per heavy atom. The molecule has 114 valence electrons. The number of imide groups is 1. The third kappa shape index (κ3) is 2.66. The first-order valence-corrected chi connectivity index (χ1v) is 6.84. The number of hydrogen-bond donors (Lipinski definition) is 3. The van der Waals surface area contributed by atoms with Gasteiger partial charge in [-0.05, 0) is 20.3 Å². The van der Waals surface area contributed by atoms with Crippen molar-refractivity contribution in [2.24, 2.45) is 5.84 Å². The molecule has 0 unspecified atom stereocenters. The van der Waals surface area contributed by atoms with E-state index in [-0.39, 0.29) is 18.4 Å². The molecule has 0 atom stereocenters. The molecule has 21 heavy (non-hydrogen) atoms. The van der Waals surface area contributed by atoms with Crippen LogP contribution in [0.25, 0.3) is 0 Å². The first kappa shape index (κ1) is 15.2. The maximum Gasteiger partial charge on any atom is 0.251 e. The molecule has 0 spiro atoms. The largest absolute Gasteiger partial charge is 0.333 e. The fourth-order valence-electron chi connectivity index (χ4n) is 2.36. The molecule has 8 nitrogen and oxygen atoms in total. The number of carbonyl (C=O) groups excluding carboxylic acids is 2. The predicted octanol–water partition coefficient (Wildman–Crippen LogP) is -0.0439. The zero-order valence-corrected chi connectivity index (χ0v) is 12.4. The van der Waals surface area contributed by atoms with Gasteiger partial charge in [-0.15, -0.1) is 0 Å². The number of piperazine rings is 1. The molecule has 0 radical (unpaired) electrons. The Balaban J connectivity index is 2.53. The molecular formula is C13H20N6O2. The van der Waals surface area contributed by atoms with Crippen molar-refractivity contribution in [3.8, 4) is 0 Å². The minimum Gasteiger partial charge on any atom is -0.333 e. The molecule has 1 aromatic rings. The molecule has 0 aromatic carbocycles. The van der Waals surface area contributed by atoms with Crippen molar-refractivity contribution >= 4 is 23.5 Å². The van der Waals surface area contributed by atoms with Crippen LogP contribution in [0.3, 0.4) is 0 Å². The number of nitrogens with zero attached hydrogens (tertiary/aromatic N) is 3. The minimum absolute atomic E-state index is 0.0660. The van der Waals surface area contributed by atoms with Gasteiger partial charge < -0.3 is 10.3 Å². The standard InChI is InChI=1S/C13H20N6O2/c1-4-5-8-10(18-14)15-7-16-11(8)19-6-9(20)17-12(21)13(19,2)3/h7H,4-6,14H2,1-3H3,(H,15,16,18)(H,17,20,21). The summed E-state index contributed by atoms with van der Waals surface area (Å²) in [6.07, 6.45) is 2.93. The fourth-order valence-corrected chi connectivity index (χ4v) is 2.36. The first-order valence-electron chi connectivity index (χ1n) is 6.84. The van der Waals surface area contributed by atoms with Gasteiger partial charge in [0.25, 0.3) is 5.91 Å². The van der Waals surface area contributed by atoms with Gasteiger partial charge in [0.15, 0.2) is 0 Å². The summed E-state index contributed by atoms with van der Waals surface area (Å²) in [6.45, 7) is 5.59. The van der Waals surface area contributed by atoms with E-state index in [0.717, 1.165) is 12.0 Å². The zero-order valence-electron chi connectivity index (χ0n) is 12.4. The molecule has 2 heterocycles. The first-order chi connectivity index (χ1) is 9.91. The molecule has 8 heteroatoms. The van der Waals surface area contributed by atoms with Crippen molar-refractivity contribution in [3.05, 3.63) is 11.9 Å². The number of rotatable bonds is 4. The molecule has 4 N–H and O–H groups in total. The number of nitrogens with two attached hydrogens (primary N) is 1. The van der Waals surface area contributed by atoms with Crippen LogP contribution in [0.2, 0.25) is 0 Å². The van der Waals surface area contributed by atoms with Gasteiger partial charge in [-0.25, -0.2) is 15.8 Å². The van der Waals surface area contributed by atoms with Crippen LogP contribution in [-0.4, -0.2) is 33.9 Å². The molecule has 0 saturated carbocycles. The SMILES string of the molecule is CCCc1c(NN)ncnc1N1CC(=O)NC(=O)C1(C)C. The summed E-state index contributed by atoms with van der Waals surface area (Å²) in [5, 5.41) is 2.35. The van der Waals surface area contributed by atoms with E-state index in [1.165, 1.54) is 6.33 Å². The van der Waals surface area contributed by atoms with Crippen molar-refractivity contribution in [1.29, 1.82) is 0 Å². The number of carbonyl (C=O) groups is 2. The maximum absolute atomic E-state index is 12.1. The van der Waals surface area contributed by atoms with Crippen molar-refractivity contribution < 1.29 is 9.59 Å². The van der Waals surface area contributed by atoms with Gasteiger partial charge in [0.2, 0.25) is 5.91 Å². The Morgan fingerprint density at radius 3 is 2.76 bits per heavy atom.